The summed E-state index contributed by atoms with van der Waals surface area (Å²) < 4.78 is 0. The van der Waals surface area contributed by atoms with Crippen LogP contribution in [0.1, 0.15) is 0 Å². The Labute approximate surface area is 138 Å². The SMILES string of the molecule is CN(C)c1ccc(N2[C]N(c3ccc(N(C)C)cc3)C=C2)cc1. The molecule has 118 valence electrons. The first-order chi connectivity index (χ1) is 11.0. The minimum atomic E-state index is 1.10. The largest absolute Gasteiger partial charge is 0.378 e. The number of rotatable bonds is 4. The maximum absolute atomic E-state index is 3.35. The Morgan fingerprint density at radius 2 is 0.957 bits per heavy atom. The maximum Gasteiger partial charge on any atom is 0.217 e. The molecule has 0 spiro atoms. The van der Waals surface area contributed by atoms with Gasteiger partial charge in [0.05, 0.1) is 0 Å². The van der Waals surface area contributed by atoms with Crippen molar-refractivity contribution in [1.29, 1.82) is 0 Å². The maximum atomic E-state index is 3.35. The average Bonchev–Trinajstić information content (AvgIpc) is 3.05. The molecule has 0 saturated carbocycles. The standard InChI is InChI=1S/C19H22N4/c1-20(2)16-5-9-18(10-6-16)22-13-14-23(15-22)19-11-7-17(8-12-19)21(3)4/h5-14H,1-4H3. The fraction of sp³-hybridized carbons (Fsp3) is 0.211. The van der Waals surface area contributed by atoms with E-state index >= 15 is 0 Å². The topological polar surface area (TPSA) is 13.0 Å². The first kappa shape index (κ1) is 15.3. The molecule has 4 nitrogen and oxygen atoms in total. The highest BCUT2D eigenvalue weighted by molar-refractivity contribution is 5.66. The van der Waals surface area contributed by atoms with Crippen LogP contribution in [0.3, 0.4) is 0 Å². The third kappa shape index (κ3) is 3.26. The second kappa shape index (κ2) is 6.24. The summed E-state index contributed by atoms with van der Waals surface area (Å²) in [6.07, 6.45) is 4.04. The smallest absolute Gasteiger partial charge is 0.217 e. The van der Waals surface area contributed by atoms with E-state index < -0.39 is 0 Å². The summed E-state index contributed by atoms with van der Waals surface area (Å²) in [7, 11) is 8.18. The van der Waals surface area contributed by atoms with Crippen molar-refractivity contribution in [2.24, 2.45) is 0 Å². The normalized spacial score (nSPS) is 13.6. The van der Waals surface area contributed by atoms with Crippen LogP contribution in [-0.4, -0.2) is 28.2 Å². The summed E-state index contributed by atoms with van der Waals surface area (Å²) in [6.45, 7) is 3.35. The summed E-state index contributed by atoms with van der Waals surface area (Å²) >= 11 is 0. The molecule has 1 heterocycles. The fourth-order valence-corrected chi connectivity index (χ4v) is 2.43. The van der Waals surface area contributed by atoms with Gasteiger partial charge in [0.1, 0.15) is 0 Å². The lowest BCUT2D eigenvalue weighted by molar-refractivity contribution is 1.10. The fourth-order valence-electron chi connectivity index (χ4n) is 2.43. The van der Waals surface area contributed by atoms with E-state index in [4.69, 9.17) is 0 Å². The Morgan fingerprint density at radius 1 is 0.609 bits per heavy atom. The Morgan fingerprint density at radius 3 is 1.26 bits per heavy atom. The summed E-state index contributed by atoms with van der Waals surface area (Å²) in [5.41, 5.74) is 4.57. The molecular weight excluding hydrogens is 284 g/mol. The van der Waals surface area contributed by atoms with Gasteiger partial charge in [-0.1, -0.05) is 0 Å². The van der Waals surface area contributed by atoms with Gasteiger partial charge in [0.2, 0.25) is 6.67 Å². The third-order valence-electron chi connectivity index (χ3n) is 3.87. The number of anilines is 4. The zero-order valence-corrected chi connectivity index (χ0v) is 14.1. The molecule has 0 aromatic heterocycles. The Hall–Kier alpha value is -2.62. The highest BCUT2D eigenvalue weighted by atomic mass is 15.3. The molecule has 4 heteroatoms. The lowest BCUT2D eigenvalue weighted by Gasteiger charge is -2.21. The lowest BCUT2D eigenvalue weighted by atomic mass is 10.2. The zero-order chi connectivity index (χ0) is 16.4. The van der Waals surface area contributed by atoms with Gasteiger partial charge in [-0.05, 0) is 48.5 Å². The molecule has 0 unspecified atom stereocenters. The molecule has 2 aromatic carbocycles. The van der Waals surface area contributed by atoms with Gasteiger partial charge in [-0.15, -0.1) is 0 Å². The van der Waals surface area contributed by atoms with E-state index in [1.54, 1.807) is 0 Å². The molecule has 1 aliphatic heterocycles. The molecule has 0 fully saturated rings. The van der Waals surface area contributed by atoms with Crippen LogP contribution in [0.5, 0.6) is 0 Å². The van der Waals surface area contributed by atoms with Gasteiger partial charge in [0.15, 0.2) is 0 Å². The first-order valence-corrected chi connectivity index (χ1v) is 7.62. The number of benzene rings is 2. The summed E-state index contributed by atoms with van der Waals surface area (Å²) in [5.74, 6) is 0. The van der Waals surface area contributed by atoms with Crippen molar-refractivity contribution >= 4 is 22.7 Å². The van der Waals surface area contributed by atoms with Crippen LogP contribution >= 0.6 is 0 Å². The van der Waals surface area contributed by atoms with Gasteiger partial charge in [-0.25, -0.2) is 0 Å². The molecule has 2 aromatic rings. The first-order valence-electron chi connectivity index (χ1n) is 7.62. The molecule has 0 bridgehead atoms. The van der Waals surface area contributed by atoms with Crippen LogP contribution in [0.25, 0.3) is 0 Å². The third-order valence-corrected chi connectivity index (χ3v) is 3.87. The second-order valence-electron chi connectivity index (χ2n) is 5.96. The summed E-state index contributed by atoms with van der Waals surface area (Å²) in [5, 5.41) is 0. The molecule has 1 aliphatic rings. The van der Waals surface area contributed by atoms with Gasteiger partial charge in [-0.2, -0.15) is 0 Å². The van der Waals surface area contributed by atoms with E-state index in [9.17, 15) is 0 Å². The van der Waals surface area contributed by atoms with Gasteiger partial charge in [0.25, 0.3) is 0 Å². The summed E-state index contributed by atoms with van der Waals surface area (Å²) in [4.78, 5) is 8.18. The van der Waals surface area contributed by atoms with Crippen LogP contribution in [0.15, 0.2) is 60.9 Å². The van der Waals surface area contributed by atoms with Crippen molar-refractivity contribution in [2.45, 2.75) is 0 Å². The van der Waals surface area contributed by atoms with Crippen LogP contribution in [-0.2, 0) is 0 Å². The molecule has 0 atom stereocenters. The number of hydrogen-bond donors (Lipinski definition) is 0. The Balaban J connectivity index is 1.70. The van der Waals surface area contributed by atoms with E-state index in [1.165, 1.54) is 11.4 Å². The van der Waals surface area contributed by atoms with Gasteiger partial charge in [0, 0.05) is 63.3 Å². The molecule has 3 rings (SSSR count). The van der Waals surface area contributed by atoms with Crippen molar-refractivity contribution in [1.82, 2.24) is 0 Å². The van der Waals surface area contributed by atoms with Crippen molar-refractivity contribution < 1.29 is 0 Å². The van der Waals surface area contributed by atoms with Gasteiger partial charge in [-0.3, -0.25) is 0 Å². The number of hydrogen-bond acceptors (Lipinski definition) is 4. The lowest BCUT2D eigenvalue weighted by Crippen LogP contribution is -2.18. The molecular formula is C19H22N4. The van der Waals surface area contributed by atoms with Crippen LogP contribution in [0.2, 0.25) is 0 Å². The van der Waals surface area contributed by atoms with E-state index in [0.29, 0.717) is 0 Å². The molecule has 2 radical (unpaired) electrons. The van der Waals surface area contributed by atoms with Crippen molar-refractivity contribution in [3.63, 3.8) is 0 Å². The molecule has 0 amide bonds. The van der Waals surface area contributed by atoms with E-state index in [-0.39, 0.29) is 0 Å². The predicted octanol–water partition coefficient (Wildman–Crippen LogP) is 3.61. The van der Waals surface area contributed by atoms with Crippen molar-refractivity contribution in [3.8, 4) is 0 Å². The minimum absolute atomic E-state index is 1.10. The van der Waals surface area contributed by atoms with Crippen LogP contribution in [0, 0.1) is 6.67 Å². The predicted molar refractivity (Wildman–Crippen MR) is 98.9 cm³/mol. The second-order valence-corrected chi connectivity index (χ2v) is 5.96. The summed E-state index contributed by atoms with van der Waals surface area (Å²) in [6, 6.07) is 16.9. The van der Waals surface area contributed by atoms with Crippen molar-refractivity contribution in [2.75, 3.05) is 47.8 Å². The monoisotopic (exact) mass is 306 g/mol. The van der Waals surface area contributed by atoms with Crippen LogP contribution in [0.4, 0.5) is 22.7 Å². The van der Waals surface area contributed by atoms with Gasteiger partial charge >= 0.3 is 0 Å². The molecule has 23 heavy (non-hydrogen) atoms. The quantitative estimate of drug-likeness (QED) is 0.855. The van der Waals surface area contributed by atoms with Gasteiger partial charge < -0.3 is 19.6 Å². The Kier molecular flexibility index (Phi) is 4.15. The molecule has 0 saturated heterocycles. The zero-order valence-electron chi connectivity index (χ0n) is 14.1. The van der Waals surface area contributed by atoms with E-state index in [2.05, 4.69) is 65.0 Å². The Bertz CT molecular complexity index is 612. The molecule has 0 N–H and O–H groups in total. The highest BCUT2D eigenvalue weighted by Gasteiger charge is 2.17. The highest BCUT2D eigenvalue weighted by Crippen LogP contribution is 2.29. The minimum Gasteiger partial charge on any atom is -0.378 e. The van der Waals surface area contributed by atoms with Crippen molar-refractivity contribution in [3.05, 3.63) is 67.6 Å². The van der Waals surface area contributed by atoms with E-state index in [0.717, 1.165) is 11.4 Å². The van der Waals surface area contributed by atoms with Crippen LogP contribution < -0.4 is 19.6 Å². The van der Waals surface area contributed by atoms with E-state index in [1.807, 2.05) is 50.4 Å². The number of nitrogens with zero attached hydrogens (tertiary/aromatic N) is 4. The average molecular weight is 306 g/mol. The molecule has 0 aliphatic carbocycles.